The number of nitrogens with zero attached hydrogens (tertiary/aromatic N) is 2. The van der Waals surface area contributed by atoms with Crippen molar-refractivity contribution in [1.82, 2.24) is 4.98 Å². The lowest BCUT2D eigenvalue weighted by atomic mass is 9.99. The number of hydrogen-bond acceptors (Lipinski definition) is 6. The summed E-state index contributed by atoms with van der Waals surface area (Å²) < 4.78 is 12.0. The predicted octanol–water partition coefficient (Wildman–Crippen LogP) is 6.13. The number of ether oxygens (including phenoxy) is 1. The number of morpholine rings is 1. The fraction of sp³-hybridized carbons (Fsp3) is 0.286. The third-order valence-corrected chi connectivity index (χ3v) is 6.63. The number of pyridine rings is 1. The van der Waals surface area contributed by atoms with Gasteiger partial charge in [-0.15, -0.1) is 0 Å². The molecule has 0 aliphatic carbocycles. The number of anilines is 2. The number of hydrogen-bond donors (Lipinski definition) is 1. The highest BCUT2D eigenvalue weighted by molar-refractivity contribution is 6.29. The summed E-state index contributed by atoms with van der Waals surface area (Å²) in [5.74, 6) is 1.40. The summed E-state index contributed by atoms with van der Waals surface area (Å²) in [4.78, 5) is 20.2. The maximum Gasteiger partial charge on any atom is 0.196 e. The molecule has 1 atom stereocenters. The Morgan fingerprint density at radius 3 is 2.54 bits per heavy atom. The Kier molecular flexibility index (Phi) is 6.50. The van der Waals surface area contributed by atoms with Crippen LogP contribution in [-0.2, 0) is 4.74 Å². The van der Waals surface area contributed by atoms with Crippen LogP contribution in [0.4, 0.5) is 11.5 Å². The lowest BCUT2D eigenvalue weighted by Crippen LogP contribution is -2.37. The number of benzene rings is 2. The molecule has 7 heteroatoms. The van der Waals surface area contributed by atoms with Crippen LogP contribution >= 0.6 is 11.6 Å². The van der Waals surface area contributed by atoms with E-state index in [0.29, 0.717) is 40.7 Å². The average Bonchev–Trinajstić information content (AvgIpc) is 2.88. The Morgan fingerprint density at radius 1 is 1.06 bits per heavy atom. The third-order valence-electron chi connectivity index (χ3n) is 6.42. The minimum Gasteiger partial charge on any atom is -0.455 e. The summed E-state index contributed by atoms with van der Waals surface area (Å²) in [6.07, 6.45) is 0. The molecule has 0 amide bonds. The van der Waals surface area contributed by atoms with Crippen LogP contribution in [0.15, 0.2) is 63.8 Å². The number of aryl methyl sites for hydroxylation is 1. The number of rotatable bonds is 5. The molecule has 1 aliphatic rings. The normalized spacial score (nSPS) is 14.8. The van der Waals surface area contributed by atoms with Gasteiger partial charge in [-0.05, 0) is 44.5 Å². The van der Waals surface area contributed by atoms with Gasteiger partial charge in [0.05, 0.1) is 30.3 Å². The van der Waals surface area contributed by atoms with Crippen molar-refractivity contribution < 1.29 is 9.15 Å². The highest BCUT2D eigenvalue weighted by Crippen LogP contribution is 2.34. The molecule has 1 N–H and O–H groups in total. The van der Waals surface area contributed by atoms with E-state index in [1.165, 1.54) is 0 Å². The van der Waals surface area contributed by atoms with E-state index < -0.39 is 0 Å². The van der Waals surface area contributed by atoms with Gasteiger partial charge in [0.1, 0.15) is 16.5 Å². The van der Waals surface area contributed by atoms with E-state index >= 15 is 0 Å². The molecule has 0 saturated carbocycles. The van der Waals surface area contributed by atoms with Gasteiger partial charge >= 0.3 is 0 Å². The summed E-state index contributed by atoms with van der Waals surface area (Å²) in [7, 11) is 0. The Bertz CT molecular complexity index is 1430. The van der Waals surface area contributed by atoms with E-state index in [1.807, 2.05) is 56.3 Å². The zero-order chi connectivity index (χ0) is 24.5. The van der Waals surface area contributed by atoms with Crippen LogP contribution in [0.25, 0.3) is 22.3 Å². The molecule has 0 unspecified atom stereocenters. The van der Waals surface area contributed by atoms with Crippen LogP contribution in [-0.4, -0.2) is 31.3 Å². The smallest absolute Gasteiger partial charge is 0.196 e. The first-order chi connectivity index (χ1) is 16.9. The lowest BCUT2D eigenvalue weighted by Gasteiger charge is -2.30. The Morgan fingerprint density at radius 2 is 1.80 bits per heavy atom. The van der Waals surface area contributed by atoms with Crippen LogP contribution in [0, 0.1) is 13.8 Å². The molecule has 35 heavy (non-hydrogen) atoms. The summed E-state index contributed by atoms with van der Waals surface area (Å²) >= 11 is 6.25. The lowest BCUT2D eigenvalue weighted by molar-refractivity contribution is 0.122. The molecule has 2 aromatic heterocycles. The fourth-order valence-corrected chi connectivity index (χ4v) is 4.76. The van der Waals surface area contributed by atoms with E-state index in [9.17, 15) is 4.79 Å². The molecule has 5 rings (SSSR count). The zero-order valence-electron chi connectivity index (χ0n) is 20.1. The third kappa shape index (κ3) is 4.64. The Balaban J connectivity index is 1.60. The topological polar surface area (TPSA) is 67.6 Å². The molecule has 180 valence electrons. The zero-order valence-corrected chi connectivity index (χ0v) is 20.9. The number of halogens is 1. The van der Waals surface area contributed by atoms with E-state index in [2.05, 4.69) is 28.2 Å². The average molecular weight is 490 g/mol. The van der Waals surface area contributed by atoms with Gasteiger partial charge in [-0.2, -0.15) is 0 Å². The molecular formula is C28H28ClN3O3. The minimum absolute atomic E-state index is 0.00980. The second-order valence-electron chi connectivity index (χ2n) is 8.95. The van der Waals surface area contributed by atoms with Crippen LogP contribution in [0.2, 0.25) is 5.15 Å². The van der Waals surface area contributed by atoms with E-state index in [-0.39, 0.29) is 11.5 Å². The van der Waals surface area contributed by atoms with Gasteiger partial charge < -0.3 is 19.4 Å². The van der Waals surface area contributed by atoms with Gasteiger partial charge in [0.25, 0.3) is 0 Å². The van der Waals surface area contributed by atoms with Gasteiger partial charge in [-0.3, -0.25) is 4.79 Å². The van der Waals surface area contributed by atoms with E-state index in [1.54, 1.807) is 6.07 Å². The van der Waals surface area contributed by atoms with Gasteiger partial charge in [0.2, 0.25) is 0 Å². The molecule has 0 bridgehead atoms. The standard InChI is InChI=1S/C28H28ClN3O3/c1-17-15-21(19(3)30-23-9-10-24(29)31-28(23)32-11-13-34-14-12-32)27-22(16-17)25(33)18(2)26(35-27)20-7-5-4-6-8-20/h4-10,15-16,19,30H,11-14H2,1-3H3/t19-/m1/s1. The predicted molar refractivity (Wildman–Crippen MR) is 142 cm³/mol. The first-order valence-electron chi connectivity index (χ1n) is 11.8. The van der Waals surface area contributed by atoms with Crippen molar-refractivity contribution in [3.8, 4) is 11.3 Å². The quantitative estimate of drug-likeness (QED) is 0.340. The van der Waals surface area contributed by atoms with Gasteiger partial charge in [-0.25, -0.2) is 4.98 Å². The summed E-state index contributed by atoms with van der Waals surface area (Å²) in [6, 6.07) is 17.3. The van der Waals surface area contributed by atoms with Crippen LogP contribution in [0.1, 0.15) is 29.7 Å². The van der Waals surface area contributed by atoms with Crippen LogP contribution < -0.4 is 15.6 Å². The van der Waals surface area contributed by atoms with Crippen molar-refractivity contribution in [1.29, 1.82) is 0 Å². The first-order valence-corrected chi connectivity index (χ1v) is 12.2. The highest BCUT2D eigenvalue weighted by atomic mass is 35.5. The van der Waals surface area contributed by atoms with Crippen molar-refractivity contribution in [2.24, 2.45) is 0 Å². The van der Waals surface area contributed by atoms with Gasteiger partial charge in [-0.1, -0.05) is 48.0 Å². The molecule has 2 aromatic carbocycles. The maximum atomic E-state index is 13.4. The monoisotopic (exact) mass is 489 g/mol. The number of aromatic nitrogens is 1. The van der Waals surface area contributed by atoms with Crippen molar-refractivity contribution in [2.45, 2.75) is 26.8 Å². The molecular weight excluding hydrogens is 462 g/mol. The number of fused-ring (bicyclic) bond motifs is 1. The fourth-order valence-electron chi connectivity index (χ4n) is 4.62. The second-order valence-corrected chi connectivity index (χ2v) is 9.34. The minimum atomic E-state index is -0.158. The molecule has 6 nitrogen and oxygen atoms in total. The van der Waals surface area contributed by atoms with Gasteiger partial charge in [0.15, 0.2) is 11.2 Å². The summed E-state index contributed by atoms with van der Waals surface area (Å²) in [6.45, 7) is 8.69. The SMILES string of the molecule is Cc1cc([C@@H](C)Nc2ccc(Cl)nc2N2CCOCC2)c2oc(-c3ccccc3)c(C)c(=O)c2c1. The van der Waals surface area contributed by atoms with E-state index in [0.717, 1.165) is 41.3 Å². The largest absolute Gasteiger partial charge is 0.455 e. The molecule has 3 heterocycles. The van der Waals surface area contributed by atoms with Crippen molar-refractivity contribution >= 4 is 34.1 Å². The first kappa shape index (κ1) is 23.4. The van der Waals surface area contributed by atoms with Crippen molar-refractivity contribution in [2.75, 3.05) is 36.5 Å². The molecule has 1 fully saturated rings. The molecule has 0 spiro atoms. The van der Waals surface area contributed by atoms with Crippen LogP contribution in [0.3, 0.4) is 0 Å². The summed E-state index contributed by atoms with van der Waals surface area (Å²) in [5, 5.41) is 4.63. The van der Waals surface area contributed by atoms with Gasteiger partial charge in [0, 0.05) is 29.8 Å². The second kappa shape index (κ2) is 9.72. The molecule has 0 radical (unpaired) electrons. The summed E-state index contributed by atoms with van der Waals surface area (Å²) in [5.41, 5.74) is 4.87. The highest BCUT2D eigenvalue weighted by Gasteiger charge is 2.22. The number of nitrogens with one attached hydrogen (secondary N) is 1. The molecule has 4 aromatic rings. The van der Waals surface area contributed by atoms with Crippen LogP contribution in [0.5, 0.6) is 0 Å². The van der Waals surface area contributed by atoms with Crippen molar-refractivity contribution in [3.63, 3.8) is 0 Å². The molecule has 1 saturated heterocycles. The molecule has 1 aliphatic heterocycles. The Labute approximate surface area is 209 Å². The van der Waals surface area contributed by atoms with Crippen molar-refractivity contribution in [3.05, 3.63) is 86.7 Å². The Hall–Kier alpha value is -3.35. The maximum absolute atomic E-state index is 13.4. The van der Waals surface area contributed by atoms with E-state index in [4.69, 9.17) is 20.8 Å².